The summed E-state index contributed by atoms with van der Waals surface area (Å²) in [6.07, 6.45) is -0.734. The molecule has 2 aliphatic heterocycles. The maximum Gasteiger partial charge on any atom is 0.342 e. The third-order valence-electron chi connectivity index (χ3n) is 5.09. The van der Waals surface area contributed by atoms with E-state index in [0.717, 1.165) is 0 Å². The number of esters is 1. The fourth-order valence-corrected chi connectivity index (χ4v) is 3.55. The monoisotopic (exact) mass is 454 g/mol. The fraction of sp³-hybridized carbons (Fsp3) is 0.476. The van der Waals surface area contributed by atoms with Crippen LogP contribution in [0.15, 0.2) is 30.4 Å². The minimum absolute atomic E-state index is 0.196. The molecule has 3 rings (SSSR count). The molecule has 32 heavy (non-hydrogen) atoms. The van der Waals surface area contributed by atoms with E-state index in [1.165, 1.54) is 13.2 Å². The smallest absolute Gasteiger partial charge is 0.342 e. The van der Waals surface area contributed by atoms with Crippen LogP contribution in [0, 0.1) is 0 Å². The molecule has 5 N–H and O–H groups in total. The first kappa shape index (κ1) is 24.0. The number of hydrogen-bond donors (Lipinski definition) is 5. The molecule has 2 heterocycles. The Balaban J connectivity index is 1.86. The lowest BCUT2D eigenvalue weighted by atomic mass is 9.96. The number of carbonyl (C=O) groups excluding carboxylic acids is 1. The summed E-state index contributed by atoms with van der Waals surface area (Å²) in [4.78, 5) is 21.8. The van der Waals surface area contributed by atoms with Crippen LogP contribution in [0.25, 0.3) is 0 Å². The zero-order valence-corrected chi connectivity index (χ0v) is 17.5. The molecule has 0 unspecified atom stereocenters. The van der Waals surface area contributed by atoms with E-state index < -0.39 is 66.6 Å². The van der Waals surface area contributed by atoms with E-state index in [-0.39, 0.29) is 12.0 Å². The number of allylic oxidation sites excluding steroid dienone is 3. The van der Waals surface area contributed by atoms with E-state index in [0.29, 0.717) is 5.56 Å². The quantitative estimate of drug-likeness (QED) is 0.164. The molecule has 1 fully saturated rings. The van der Waals surface area contributed by atoms with E-state index in [9.17, 15) is 30.3 Å². The molecule has 6 atom stereocenters. The van der Waals surface area contributed by atoms with Crippen LogP contribution in [0.2, 0.25) is 0 Å². The van der Waals surface area contributed by atoms with Crippen molar-refractivity contribution in [2.45, 2.75) is 50.2 Å². The van der Waals surface area contributed by atoms with Crippen molar-refractivity contribution in [3.05, 3.63) is 41.5 Å². The Morgan fingerprint density at radius 3 is 2.62 bits per heavy atom. The molecule has 0 aliphatic carbocycles. The van der Waals surface area contributed by atoms with Gasteiger partial charge in [0.05, 0.1) is 13.7 Å². The lowest BCUT2D eigenvalue weighted by molar-refractivity contribution is -0.379. The first-order valence-electron chi connectivity index (χ1n) is 9.89. The highest BCUT2D eigenvalue weighted by molar-refractivity contribution is 5.97. The number of ether oxygens (including phenoxy) is 3. The van der Waals surface area contributed by atoms with Gasteiger partial charge in [0.15, 0.2) is 11.5 Å². The average Bonchev–Trinajstić information content (AvgIpc) is 2.75. The number of phenolic OH excluding ortho intramolecular Hbond substituents is 2. The SMILES string of the molecule is C/C=C/C=C/[C@H]1Cc2cc(O)c(O[C@@H]3O[C@H](CO)[C@@H](OOC)[C@H](O)[C@H]3O)c(O)c2C(=O)O1. The number of aromatic hydroxyl groups is 2. The largest absolute Gasteiger partial charge is 0.504 e. The lowest BCUT2D eigenvalue weighted by Gasteiger charge is -2.40. The van der Waals surface area contributed by atoms with Crippen molar-refractivity contribution in [1.82, 2.24) is 0 Å². The van der Waals surface area contributed by atoms with Crippen LogP contribution in [0.4, 0.5) is 0 Å². The predicted octanol–water partition coefficient (Wildman–Crippen LogP) is 0.0760. The minimum Gasteiger partial charge on any atom is -0.504 e. The van der Waals surface area contributed by atoms with Gasteiger partial charge >= 0.3 is 5.97 Å². The van der Waals surface area contributed by atoms with Crippen LogP contribution in [0.5, 0.6) is 17.2 Å². The molecule has 0 aromatic heterocycles. The van der Waals surface area contributed by atoms with Crippen molar-refractivity contribution >= 4 is 5.97 Å². The molecular weight excluding hydrogens is 428 g/mol. The summed E-state index contributed by atoms with van der Waals surface area (Å²) in [6.45, 7) is 1.22. The van der Waals surface area contributed by atoms with Gasteiger partial charge in [-0.1, -0.05) is 18.2 Å². The third kappa shape index (κ3) is 4.72. The highest BCUT2D eigenvalue weighted by Crippen LogP contribution is 2.44. The summed E-state index contributed by atoms with van der Waals surface area (Å²) >= 11 is 0. The Morgan fingerprint density at radius 2 is 1.97 bits per heavy atom. The fourth-order valence-electron chi connectivity index (χ4n) is 3.55. The second-order valence-electron chi connectivity index (χ2n) is 7.22. The van der Waals surface area contributed by atoms with Crippen LogP contribution in [0.3, 0.4) is 0 Å². The number of carbonyl (C=O) groups is 1. The number of benzene rings is 1. The number of aliphatic hydroxyl groups is 3. The van der Waals surface area contributed by atoms with Crippen LogP contribution in [-0.4, -0.2) is 82.0 Å². The molecule has 0 amide bonds. The normalized spacial score (nSPS) is 30.5. The Bertz CT molecular complexity index is 879. The van der Waals surface area contributed by atoms with Crippen molar-refractivity contribution < 1.29 is 54.3 Å². The van der Waals surface area contributed by atoms with Crippen LogP contribution in [0.1, 0.15) is 22.8 Å². The summed E-state index contributed by atoms with van der Waals surface area (Å²) < 4.78 is 16.1. The first-order valence-corrected chi connectivity index (χ1v) is 9.89. The molecule has 2 aliphatic rings. The van der Waals surface area contributed by atoms with Crippen LogP contribution in [-0.2, 0) is 25.7 Å². The number of phenols is 2. The highest BCUT2D eigenvalue weighted by Gasteiger charge is 2.47. The van der Waals surface area contributed by atoms with Gasteiger partial charge < -0.3 is 39.7 Å². The molecule has 11 nitrogen and oxygen atoms in total. The van der Waals surface area contributed by atoms with Crippen molar-refractivity contribution in [2.75, 3.05) is 13.7 Å². The van der Waals surface area contributed by atoms with Gasteiger partial charge in [-0.15, -0.1) is 0 Å². The van der Waals surface area contributed by atoms with Gasteiger partial charge in [-0.25, -0.2) is 14.6 Å². The number of hydrogen-bond acceptors (Lipinski definition) is 11. The molecule has 0 bridgehead atoms. The van der Waals surface area contributed by atoms with E-state index in [4.69, 9.17) is 19.1 Å². The second kappa shape index (κ2) is 10.3. The van der Waals surface area contributed by atoms with Gasteiger partial charge in [-0.05, 0) is 24.6 Å². The molecule has 0 radical (unpaired) electrons. The molecule has 176 valence electrons. The standard InChI is InChI=1S/C21H26O11/c1-3-4-5-6-11-7-10-8-12(23)18(15(24)14(10)20(27)29-11)31-21-17(26)16(25)19(32-28-2)13(9-22)30-21/h3-6,8,11,13,16-17,19,21-26H,7,9H2,1-2H3/b4-3+,6-5+/t11-,13+,16+,17+,19+,21-/m0/s1. The molecule has 1 aromatic rings. The zero-order valence-electron chi connectivity index (χ0n) is 17.5. The second-order valence-corrected chi connectivity index (χ2v) is 7.22. The third-order valence-corrected chi connectivity index (χ3v) is 5.09. The number of cyclic esters (lactones) is 1. The molecule has 1 aromatic carbocycles. The summed E-state index contributed by atoms with van der Waals surface area (Å²) in [5.41, 5.74) is 0.143. The molecular formula is C21H26O11. The topological polar surface area (TPSA) is 164 Å². The number of aliphatic hydroxyl groups excluding tert-OH is 3. The van der Waals surface area contributed by atoms with Crippen molar-refractivity contribution in [3.8, 4) is 17.2 Å². The Morgan fingerprint density at radius 1 is 1.22 bits per heavy atom. The summed E-state index contributed by atoms with van der Waals surface area (Å²) in [7, 11) is 1.18. The molecule has 11 heteroatoms. The first-order chi connectivity index (χ1) is 15.3. The van der Waals surface area contributed by atoms with Gasteiger partial charge in [0.25, 0.3) is 0 Å². The van der Waals surface area contributed by atoms with Gasteiger partial charge in [0.2, 0.25) is 12.0 Å². The predicted molar refractivity (Wildman–Crippen MR) is 107 cm³/mol. The maximum absolute atomic E-state index is 12.5. The molecule has 1 saturated heterocycles. The van der Waals surface area contributed by atoms with E-state index in [2.05, 4.69) is 4.89 Å². The van der Waals surface area contributed by atoms with Crippen molar-refractivity contribution in [3.63, 3.8) is 0 Å². The van der Waals surface area contributed by atoms with Gasteiger partial charge in [-0.3, -0.25) is 0 Å². The van der Waals surface area contributed by atoms with Gasteiger partial charge in [0.1, 0.15) is 36.1 Å². The summed E-state index contributed by atoms with van der Waals surface area (Å²) in [6, 6.07) is 1.24. The Kier molecular flexibility index (Phi) is 7.72. The summed E-state index contributed by atoms with van der Waals surface area (Å²) in [5, 5.41) is 51.1. The minimum atomic E-state index is -1.71. The Labute approximate surface area is 183 Å². The zero-order chi connectivity index (χ0) is 23.4. The highest BCUT2D eigenvalue weighted by atomic mass is 17.2. The van der Waals surface area contributed by atoms with Gasteiger partial charge in [0, 0.05) is 6.42 Å². The number of rotatable bonds is 7. The average molecular weight is 454 g/mol. The van der Waals surface area contributed by atoms with Crippen LogP contribution >= 0.6 is 0 Å². The van der Waals surface area contributed by atoms with E-state index in [1.807, 2.05) is 6.92 Å². The van der Waals surface area contributed by atoms with Crippen LogP contribution < -0.4 is 4.74 Å². The molecule has 0 saturated carbocycles. The lowest BCUT2D eigenvalue weighted by Crippen LogP contribution is -2.60. The Hall–Kier alpha value is -2.67. The van der Waals surface area contributed by atoms with Crippen molar-refractivity contribution in [1.29, 1.82) is 0 Å². The van der Waals surface area contributed by atoms with Crippen molar-refractivity contribution in [2.24, 2.45) is 0 Å². The van der Waals surface area contributed by atoms with E-state index in [1.54, 1.807) is 24.3 Å². The molecule has 0 spiro atoms. The number of fused-ring (bicyclic) bond motifs is 1. The maximum atomic E-state index is 12.5. The van der Waals surface area contributed by atoms with Gasteiger partial charge in [-0.2, -0.15) is 0 Å². The summed E-state index contributed by atoms with van der Waals surface area (Å²) in [5.74, 6) is -2.60. The van der Waals surface area contributed by atoms with E-state index >= 15 is 0 Å².